The van der Waals surface area contributed by atoms with Crippen molar-refractivity contribution in [3.8, 4) is 0 Å². The number of rotatable bonds is 6. The zero-order valence-electron chi connectivity index (χ0n) is 13.3. The van der Waals surface area contributed by atoms with Crippen molar-refractivity contribution in [3.05, 3.63) is 69.7 Å². The Morgan fingerprint density at radius 1 is 1.00 bits per heavy atom. The van der Waals surface area contributed by atoms with Crippen molar-refractivity contribution in [2.24, 2.45) is 0 Å². The molecule has 2 aromatic rings. The third kappa shape index (κ3) is 5.70. The molecular formula is C18H19BrN2O3. The highest BCUT2D eigenvalue weighted by Crippen LogP contribution is 2.11. The van der Waals surface area contributed by atoms with Crippen molar-refractivity contribution in [3.63, 3.8) is 0 Å². The van der Waals surface area contributed by atoms with Crippen molar-refractivity contribution in [1.82, 2.24) is 10.6 Å². The molecular weight excluding hydrogens is 372 g/mol. The molecule has 2 amide bonds. The molecule has 0 spiro atoms. The number of nitrogens with one attached hydrogen (secondary N) is 2. The highest BCUT2D eigenvalue weighted by Gasteiger charge is 2.06. The maximum Gasteiger partial charge on any atom is 0.338 e. The van der Waals surface area contributed by atoms with Gasteiger partial charge >= 0.3 is 12.0 Å². The molecule has 0 radical (unpaired) electrons. The maximum atomic E-state index is 11.8. The standard InChI is InChI=1S/C18H19BrN2O3/c1-2-24-17(22)15-8-6-13(7-9-15)11-20-18(23)21-12-14-4-3-5-16(19)10-14/h3-10H,2,11-12H2,1H3,(H2,20,21,23). The molecule has 0 bridgehead atoms. The normalized spacial score (nSPS) is 10.1. The van der Waals surface area contributed by atoms with E-state index in [4.69, 9.17) is 4.74 Å². The van der Waals surface area contributed by atoms with Crippen LogP contribution in [0.4, 0.5) is 4.79 Å². The smallest absolute Gasteiger partial charge is 0.338 e. The number of carbonyl (C=O) groups is 2. The predicted molar refractivity (Wildman–Crippen MR) is 95.6 cm³/mol. The van der Waals surface area contributed by atoms with Crippen LogP contribution in [0.2, 0.25) is 0 Å². The summed E-state index contributed by atoms with van der Waals surface area (Å²) < 4.78 is 5.90. The first-order valence-electron chi connectivity index (χ1n) is 7.60. The average molecular weight is 391 g/mol. The van der Waals surface area contributed by atoms with E-state index in [9.17, 15) is 9.59 Å². The summed E-state index contributed by atoms with van der Waals surface area (Å²) in [6.45, 7) is 2.95. The number of hydrogen-bond acceptors (Lipinski definition) is 3. The van der Waals surface area contributed by atoms with Gasteiger partial charge in [-0.2, -0.15) is 0 Å². The van der Waals surface area contributed by atoms with Gasteiger partial charge in [-0.15, -0.1) is 0 Å². The van der Waals surface area contributed by atoms with E-state index in [2.05, 4.69) is 26.6 Å². The summed E-state index contributed by atoms with van der Waals surface area (Å²) in [6.07, 6.45) is 0. The first-order chi connectivity index (χ1) is 11.6. The van der Waals surface area contributed by atoms with Gasteiger partial charge < -0.3 is 15.4 Å². The van der Waals surface area contributed by atoms with Crippen LogP contribution in [0.25, 0.3) is 0 Å². The van der Waals surface area contributed by atoms with Crippen molar-refractivity contribution >= 4 is 27.9 Å². The number of esters is 1. The molecule has 2 rings (SSSR count). The lowest BCUT2D eigenvalue weighted by Crippen LogP contribution is -2.34. The van der Waals surface area contributed by atoms with E-state index in [0.717, 1.165) is 15.6 Å². The summed E-state index contributed by atoms with van der Waals surface area (Å²) >= 11 is 3.39. The second kappa shape index (κ2) is 9.08. The lowest BCUT2D eigenvalue weighted by Gasteiger charge is -2.09. The Morgan fingerprint density at radius 3 is 2.29 bits per heavy atom. The first kappa shape index (κ1) is 18.0. The molecule has 0 saturated carbocycles. The summed E-state index contributed by atoms with van der Waals surface area (Å²) in [4.78, 5) is 23.4. The fourth-order valence-electron chi connectivity index (χ4n) is 2.05. The Bertz CT molecular complexity index is 702. The molecule has 2 N–H and O–H groups in total. The van der Waals surface area contributed by atoms with Crippen LogP contribution in [0.1, 0.15) is 28.4 Å². The molecule has 0 atom stereocenters. The van der Waals surface area contributed by atoms with Crippen LogP contribution in [0, 0.1) is 0 Å². The summed E-state index contributed by atoms with van der Waals surface area (Å²) in [6, 6.07) is 14.5. The molecule has 0 heterocycles. The van der Waals surface area contributed by atoms with Crippen LogP contribution in [-0.4, -0.2) is 18.6 Å². The van der Waals surface area contributed by atoms with Gasteiger partial charge in [0.1, 0.15) is 0 Å². The first-order valence-corrected chi connectivity index (χ1v) is 8.40. The third-order valence-electron chi connectivity index (χ3n) is 3.26. The zero-order chi connectivity index (χ0) is 17.4. The van der Waals surface area contributed by atoms with E-state index in [1.54, 1.807) is 31.2 Å². The van der Waals surface area contributed by atoms with Crippen LogP contribution in [0.5, 0.6) is 0 Å². The van der Waals surface area contributed by atoms with Gasteiger partial charge in [0.25, 0.3) is 0 Å². The van der Waals surface area contributed by atoms with E-state index in [-0.39, 0.29) is 12.0 Å². The number of benzene rings is 2. The van der Waals surface area contributed by atoms with Gasteiger partial charge in [0.15, 0.2) is 0 Å². The Labute approximate surface area is 149 Å². The van der Waals surface area contributed by atoms with Gasteiger partial charge in [-0.3, -0.25) is 0 Å². The summed E-state index contributed by atoms with van der Waals surface area (Å²) in [5, 5.41) is 5.58. The molecule has 24 heavy (non-hydrogen) atoms. The summed E-state index contributed by atoms with van der Waals surface area (Å²) in [5.74, 6) is -0.344. The largest absolute Gasteiger partial charge is 0.462 e. The van der Waals surface area contributed by atoms with Crippen LogP contribution in [0.3, 0.4) is 0 Å². The predicted octanol–water partition coefficient (Wildman–Crippen LogP) is 3.63. The van der Waals surface area contributed by atoms with Crippen molar-refractivity contribution in [1.29, 1.82) is 0 Å². The van der Waals surface area contributed by atoms with Crippen molar-refractivity contribution in [2.75, 3.05) is 6.61 Å². The molecule has 2 aromatic carbocycles. The average Bonchev–Trinajstić information content (AvgIpc) is 2.59. The molecule has 0 fully saturated rings. The number of amides is 2. The molecule has 6 heteroatoms. The second-order valence-corrected chi connectivity index (χ2v) is 6.00. The number of carbonyl (C=O) groups excluding carboxylic acids is 2. The second-order valence-electron chi connectivity index (χ2n) is 5.08. The Hall–Kier alpha value is -2.34. The Kier molecular flexibility index (Phi) is 6.81. The Balaban J connectivity index is 1.78. The molecule has 0 unspecified atom stereocenters. The SMILES string of the molecule is CCOC(=O)c1ccc(CNC(=O)NCc2cccc(Br)c2)cc1. The monoisotopic (exact) mass is 390 g/mol. The van der Waals surface area contributed by atoms with Crippen molar-refractivity contribution < 1.29 is 14.3 Å². The number of ether oxygens (including phenoxy) is 1. The van der Waals surface area contributed by atoms with Crippen LogP contribution >= 0.6 is 15.9 Å². The van der Waals surface area contributed by atoms with Gasteiger partial charge in [0.2, 0.25) is 0 Å². The van der Waals surface area contributed by atoms with E-state index in [1.165, 1.54) is 0 Å². The van der Waals surface area contributed by atoms with Gasteiger partial charge in [0.05, 0.1) is 12.2 Å². The fourth-order valence-corrected chi connectivity index (χ4v) is 2.49. The minimum atomic E-state index is -0.344. The van der Waals surface area contributed by atoms with E-state index >= 15 is 0 Å². The quantitative estimate of drug-likeness (QED) is 0.740. The van der Waals surface area contributed by atoms with Crippen LogP contribution < -0.4 is 10.6 Å². The van der Waals surface area contributed by atoms with Crippen LogP contribution in [0.15, 0.2) is 53.0 Å². The number of hydrogen-bond donors (Lipinski definition) is 2. The van der Waals surface area contributed by atoms with E-state index in [0.29, 0.717) is 25.3 Å². The molecule has 126 valence electrons. The molecule has 0 aliphatic heterocycles. The zero-order valence-corrected chi connectivity index (χ0v) is 14.9. The minimum absolute atomic E-state index is 0.246. The highest BCUT2D eigenvalue weighted by atomic mass is 79.9. The van der Waals surface area contributed by atoms with E-state index in [1.807, 2.05) is 24.3 Å². The lowest BCUT2D eigenvalue weighted by molar-refractivity contribution is 0.0526. The molecule has 0 aliphatic carbocycles. The van der Waals surface area contributed by atoms with Crippen molar-refractivity contribution in [2.45, 2.75) is 20.0 Å². The molecule has 0 aliphatic rings. The molecule has 5 nitrogen and oxygen atoms in total. The van der Waals surface area contributed by atoms with Gasteiger partial charge in [-0.25, -0.2) is 9.59 Å². The minimum Gasteiger partial charge on any atom is -0.462 e. The van der Waals surface area contributed by atoms with Gasteiger partial charge in [-0.05, 0) is 42.3 Å². The molecule has 0 saturated heterocycles. The number of halogens is 1. The topological polar surface area (TPSA) is 67.4 Å². The Morgan fingerprint density at radius 2 is 1.67 bits per heavy atom. The maximum absolute atomic E-state index is 11.8. The molecule has 0 aromatic heterocycles. The van der Waals surface area contributed by atoms with E-state index < -0.39 is 0 Å². The highest BCUT2D eigenvalue weighted by molar-refractivity contribution is 9.10. The fraction of sp³-hybridized carbons (Fsp3) is 0.222. The number of urea groups is 1. The lowest BCUT2D eigenvalue weighted by atomic mass is 10.1. The van der Waals surface area contributed by atoms with Gasteiger partial charge in [-0.1, -0.05) is 40.2 Å². The third-order valence-corrected chi connectivity index (χ3v) is 3.75. The summed E-state index contributed by atoms with van der Waals surface area (Å²) in [7, 11) is 0. The van der Waals surface area contributed by atoms with Gasteiger partial charge in [0, 0.05) is 17.6 Å². The summed E-state index contributed by atoms with van der Waals surface area (Å²) in [5.41, 5.74) is 2.42. The van der Waals surface area contributed by atoms with Crippen LogP contribution in [-0.2, 0) is 17.8 Å².